The molecule has 7 rings (SSSR count). The number of allylic oxidation sites excluding steroid dienone is 3. The number of benzene rings is 3. The van der Waals surface area contributed by atoms with Crippen molar-refractivity contribution in [1.29, 1.82) is 0 Å². The number of likely N-dealkylation sites (tertiary alicyclic amines) is 1. The number of halogens is 1. The third kappa shape index (κ3) is 4.74. The Morgan fingerprint density at radius 1 is 0.900 bits per heavy atom. The van der Waals surface area contributed by atoms with E-state index in [0.29, 0.717) is 32.3 Å². The number of imide groups is 4. The number of nitrogens with zero attached hydrogens (tertiary/aromatic N) is 2. The fourth-order valence-corrected chi connectivity index (χ4v) is 8.66. The predicted molar refractivity (Wildman–Crippen MR) is 181 cm³/mol. The van der Waals surface area contributed by atoms with E-state index in [1.165, 1.54) is 19.1 Å². The van der Waals surface area contributed by atoms with Crippen molar-refractivity contribution in [3.63, 3.8) is 0 Å². The molecular weight excluding hydrogens is 664 g/mol. The Morgan fingerprint density at radius 2 is 1.60 bits per heavy atom. The number of fused-ring (bicyclic) bond motifs is 4. The van der Waals surface area contributed by atoms with Crippen LogP contribution in [0.3, 0.4) is 0 Å². The number of anilines is 1. The molecule has 2 saturated heterocycles. The maximum Gasteiger partial charge on any atom is 0.423 e. The molecule has 2 aliphatic carbocycles. The number of amides is 5. The van der Waals surface area contributed by atoms with Gasteiger partial charge in [0.05, 0.1) is 50.2 Å². The SMILES string of the molecule is COC(=O)N1C(=O)C2CC=C3C(CC4C(=O)N(c5cccc(Cl)c5)C(=O)C4(c4ccccc4)C3C=Cc3cc(OC)c(O)c(OC)c3)C2C1=O. The molecular formula is C38H33ClN2O9. The molecule has 12 heteroatoms. The van der Waals surface area contributed by atoms with Crippen molar-refractivity contribution >= 4 is 53.1 Å². The summed E-state index contributed by atoms with van der Waals surface area (Å²) in [5.74, 6) is -6.29. The van der Waals surface area contributed by atoms with Crippen molar-refractivity contribution in [3.05, 3.63) is 101 Å². The van der Waals surface area contributed by atoms with E-state index in [9.17, 15) is 24.3 Å². The van der Waals surface area contributed by atoms with Crippen molar-refractivity contribution < 1.29 is 43.3 Å². The second kappa shape index (κ2) is 12.5. The number of aromatic hydroxyl groups is 1. The van der Waals surface area contributed by atoms with Crippen LogP contribution in [0.5, 0.6) is 17.2 Å². The van der Waals surface area contributed by atoms with Crippen LogP contribution in [-0.2, 0) is 29.3 Å². The van der Waals surface area contributed by atoms with Crippen LogP contribution in [-0.4, -0.2) is 61.1 Å². The number of hydrogen-bond donors (Lipinski definition) is 1. The number of hydrogen-bond acceptors (Lipinski definition) is 9. The van der Waals surface area contributed by atoms with E-state index >= 15 is 4.79 Å². The fourth-order valence-electron chi connectivity index (χ4n) is 8.48. The van der Waals surface area contributed by atoms with Gasteiger partial charge < -0.3 is 19.3 Å². The van der Waals surface area contributed by atoms with Crippen molar-refractivity contribution in [2.45, 2.75) is 18.3 Å². The monoisotopic (exact) mass is 696 g/mol. The minimum atomic E-state index is -1.47. The summed E-state index contributed by atoms with van der Waals surface area (Å²) in [4.78, 5) is 71.6. The molecule has 6 atom stereocenters. The van der Waals surface area contributed by atoms with E-state index in [1.54, 1.807) is 42.5 Å². The summed E-state index contributed by atoms with van der Waals surface area (Å²) in [6.45, 7) is 0. The Hall–Kier alpha value is -5.42. The molecule has 1 saturated carbocycles. The Labute approximate surface area is 292 Å². The van der Waals surface area contributed by atoms with Crippen LogP contribution < -0.4 is 14.4 Å². The summed E-state index contributed by atoms with van der Waals surface area (Å²) >= 11 is 6.35. The first-order valence-electron chi connectivity index (χ1n) is 16.1. The zero-order valence-corrected chi connectivity index (χ0v) is 28.1. The predicted octanol–water partition coefficient (Wildman–Crippen LogP) is 5.54. The Kier molecular flexibility index (Phi) is 8.26. The van der Waals surface area contributed by atoms with Gasteiger partial charge in [0.1, 0.15) is 0 Å². The van der Waals surface area contributed by atoms with Crippen LogP contribution in [0.2, 0.25) is 5.02 Å². The van der Waals surface area contributed by atoms with Gasteiger partial charge in [0.25, 0.3) is 0 Å². The van der Waals surface area contributed by atoms with E-state index in [4.69, 9.17) is 25.8 Å². The Balaban J connectivity index is 1.46. The van der Waals surface area contributed by atoms with E-state index in [2.05, 4.69) is 0 Å². The molecule has 0 bridgehead atoms. The molecule has 3 aromatic carbocycles. The maximum absolute atomic E-state index is 15.2. The molecule has 1 N–H and O–H groups in total. The largest absolute Gasteiger partial charge is 0.502 e. The number of ether oxygens (including phenoxy) is 3. The summed E-state index contributed by atoms with van der Waals surface area (Å²) < 4.78 is 15.5. The molecule has 50 heavy (non-hydrogen) atoms. The average Bonchev–Trinajstić information content (AvgIpc) is 3.52. The molecule has 0 radical (unpaired) electrons. The number of phenols is 1. The van der Waals surface area contributed by atoms with Gasteiger partial charge in [-0.3, -0.25) is 19.2 Å². The minimum Gasteiger partial charge on any atom is -0.502 e. The van der Waals surface area contributed by atoms with E-state index in [0.717, 1.165) is 7.11 Å². The van der Waals surface area contributed by atoms with Crippen molar-refractivity contribution in [3.8, 4) is 17.2 Å². The highest BCUT2D eigenvalue weighted by molar-refractivity contribution is 6.32. The van der Waals surface area contributed by atoms with Crippen LogP contribution in [0.15, 0.2) is 84.5 Å². The average molecular weight is 697 g/mol. The van der Waals surface area contributed by atoms with Crippen molar-refractivity contribution in [2.75, 3.05) is 26.2 Å². The van der Waals surface area contributed by atoms with Crippen LogP contribution >= 0.6 is 11.6 Å². The van der Waals surface area contributed by atoms with E-state index in [1.807, 2.05) is 42.5 Å². The maximum atomic E-state index is 15.2. The summed E-state index contributed by atoms with van der Waals surface area (Å²) in [7, 11) is 3.93. The summed E-state index contributed by atoms with van der Waals surface area (Å²) in [6, 6.07) is 18.8. The lowest BCUT2D eigenvalue weighted by atomic mass is 9.50. The standard InChI is InChI=1S/C38H33ClN2O9/c1-48-29-16-20(17-30(49-2)32(29)42)12-15-27-24-13-14-25-31(35(45)41(33(25)43)37(47)50-3)26(24)19-28-34(44)40(23-11-7-10-22(39)18-23)36(46)38(27,28)21-8-5-4-6-9-21/h4-13,15-18,25-28,31,42H,14,19H2,1-3H3. The number of methoxy groups -OCH3 is 3. The molecule has 0 spiro atoms. The Bertz CT molecular complexity index is 1980. The number of rotatable bonds is 6. The lowest BCUT2D eigenvalue weighted by molar-refractivity contribution is -0.138. The third-order valence-corrected chi connectivity index (χ3v) is 10.8. The molecule has 4 aliphatic rings. The highest BCUT2D eigenvalue weighted by Gasteiger charge is 2.69. The van der Waals surface area contributed by atoms with Gasteiger partial charge in [0.15, 0.2) is 11.5 Å². The molecule has 0 aromatic heterocycles. The molecule has 3 fully saturated rings. The quantitative estimate of drug-likeness (QED) is 0.260. The zero-order valence-electron chi connectivity index (χ0n) is 27.4. The Morgan fingerprint density at radius 3 is 2.24 bits per heavy atom. The highest BCUT2D eigenvalue weighted by Crippen LogP contribution is 2.62. The van der Waals surface area contributed by atoms with Gasteiger partial charge >= 0.3 is 6.09 Å². The van der Waals surface area contributed by atoms with Gasteiger partial charge in [-0.15, -0.1) is 0 Å². The van der Waals surface area contributed by atoms with Crippen LogP contribution in [0.1, 0.15) is 24.0 Å². The lowest BCUT2D eigenvalue weighted by Crippen LogP contribution is -2.54. The molecule has 3 aromatic rings. The number of carbonyl (C=O) groups excluding carboxylic acids is 5. The van der Waals surface area contributed by atoms with Gasteiger partial charge in [-0.05, 0) is 60.2 Å². The van der Waals surface area contributed by atoms with Crippen molar-refractivity contribution in [1.82, 2.24) is 4.90 Å². The van der Waals surface area contributed by atoms with Crippen LogP contribution in [0, 0.1) is 29.6 Å². The second-order valence-corrected chi connectivity index (χ2v) is 13.2. The van der Waals surface area contributed by atoms with Gasteiger partial charge in [-0.1, -0.05) is 71.8 Å². The number of phenolic OH excluding ortho intramolecular Hbond substituents is 1. The van der Waals surface area contributed by atoms with Crippen LogP contribution in [0.4, 0.5) is 10.5 Å². The van der Waals surface area contributed by atoms with E-state index < -0.39 is 64.7 Å². The molecule has 6 unspecified atom stereocenters. The normalized spacial score (nSPS) is 27.2. The van der Waals surface area contributed by atoms with Crippen molar-refractivity contribution in [2.24, 2.45) is 29.6 Å². The summed E-state index contributed by atoms with van der Waals surface area (Å²) in [5, 5.41) is 10.9. The topological polar surface area (TPSA) is 140 Å². The zero-order chi connectivity index (χ0) is 35.5. The first-order valence-corrected chi connectivity index (χ1v) is 16.4. The minimum absolute atomic E-state index is 0.0722. The second-order valence-electron chi connectivity index (χ2n) is 12.8. The first kappa shape index (κ1) is 33.1. The first-order chi connectivity index (χ1) is 24.1. The lowest BCUT2D eigenvalue weighted by Gasteiger charge is -2.49. The van der Waals surface area contributed by atoms with Gasteiger partial charge in [0.2, 0.25) is 29.4 Å². The van der Waals surface area contributed by atoms with Crippen LogP contribution in [0.25, 0.3) is 6.08 Å². The fraction of sp³-hybridized carbons (Fsp3) is 0.289. The molecule has 11 nitrogen and oxygen atoms in total. The smallest absolute Gasteiger partial charge is 0.423 e. The molecule has 256 valence electrons. The van der Waals surface area contributed by atoms with Gasteiger partial charge in [-0.2, -0.15) is 4.90 Å². The van der Waals surface area contributed by atoms with E-state index in [-0.39, 0.29) is 30.1 Å². The summed E-state index contributed by atoms with van der Waals surface area (Å²) in [6.07, 6.45) is 4.63. The third-order valence-electron chi connectivity index (χ3n) is 10.6. The summed E-state index contributed by atoms with van der Waals surface area (Å²) in [5.41, 5.74) is 0.731. The number of carbonyl (C=O) groups is 5. The van der Waals surface area contributed by atoms with Gasteiger partial charge in [-0.25, -0.2) is 9.69 Å². The molecule has 2 aliphatic heterocycles. The highest BCUT2D eigenvalue weighted by atomic mass is 35.5. The molecule has 2 heterocycles. The van der Waals surface area contributed by atoms with Gasteiger partial charge in [0, 0.05) is 10.9 Å². The molecule has 5 amide bonds.